The Morgan fingerprint density at radius 2 is 2.05 bits per heavy atom. The topological polar surface area (TPSA) is 64.1 Å². The number of anilines is 1. The lowest BCUT2D eigenvalue weighted by Gasteiger charge is -2.07. The molecule has 2 rings (SSSR count). The van der Waals surface area contributed by atoms with E-state index < -0.39 is 0 Å². The van der Waals surface area contributed by atoms with Crippen LogP contribution in [0, 0.1) is 0 Å². The van der Waals surface area contributed by atoms with Crippen LogP contribution in [0.3, 0.4) is 0 Å². The maximum atomic E-state index is 12.0. The van der Waals surface area contributed by atoms with E-state index in [2.05, 4.69) is 47.1 Å². The zero-order valence-electron chi connectivity index (χ0n) is 9.85. The van der Waals surface area contributed by atoms with Gasteiger partial charge in [-0.05, 0) is 50.1 Å². The molecule has 0 radical (unpaired) electrons. The molecule has 0 fully saturated rings. The van der Waals surface area contributed by atoms with Crippen LogP contribution in [0.25, 0.3) is 0 Å². The number of carbonyl (C=O) groups is 1. The van der Waals surface area contributed by atoms with Gasteiger partial charge in [0.25, 0.3) is 5.91 Å². The second-order valence-corrected chi connectivity index (χ2v) is 5.19. The number of methoxy groups -OCH3 is 1. The molecule has 0 aliphatic heterocycles. The average Bonchev–Trinajstić information content (AvgIpc) is 2.41. The third-order valence-corrected chi connectivity index (χ3v) is 3.31. The molecule has 0 unspecified atom stereocenters. The summed E-state index contributed by atoms with van der Waals surface area (Å²) in [7, 11) is 1.57. The number of aromatic nitrogens is 2. The molecule has 0 spiro atoms. The number of hydrogen-bond donors (Lipinski definition) is 1. The van der Waals surface area contributed by atoms with Crippen molar-refractivity contribution in [1.29, 1.82) is 0 Å². The van der Waals surface area contributed by atoms with E-state index in [-0.39, 0.29) is 5.91 Å². The summed E-state index contributed by atoms with van der Waals surface area (Å²) in [5.41, 5.74) is 0.498. The molecule has 1 N–H and O–H groups in total. The van der Waals surface area contributed by atoms with Crippen LogP contribution in [0.2, 0.25) is 0 Å². The summed E-state index contributed by atoms with van der Waals surface area (Å²) in [5.74, 6) is 0.792. The minimum atomic E-state index is -0.264. The standard InChI is InChI=1S/C12H9Br2N3O2/c1-19-9-3-2-7(4-8(9)13)12(18)17-11-6-15-10(14)5-16-11/h2-6H,1H3,(H,16,17,18). The van der Waals surface area contributed by atoms with Crippen molar-refractivity contribution in [1.82, 2.24) is 9.97 Å². The third kappa shape index (κ3) is 3.51. The van der Waals surface area contributed by atoms with Gasteiger partial charge in [-0.2, -0.15) is 0 Å². The fraction of sp³-hybridized carbons (Fsp3) is 0.0833. The summed E-state index contributed by atoms with van der Waals surface area (Å²) in [5, 5.41) is 2.66. The summed E-state index contributed by atoms with van der Waals surface area (Å²) >= 11 is 6.51. The van der Waals surface area contributed by atoms with Crippen molar-refractivity contribution in [2.24, 2.45) is 0 Å². The molecule has 1 aromatic carbocycles. The van der Waals surface area contributed by atoms with Crippen LogP contribution in [0.15, 0.2) is 39.7 Å². The molecule has 0 atom stereocenters. The highest BCUT2D eigenvalue weighted by Crippen LogP contribution is 2.25. The van der Waals surface area contributed by atoms with Gasteiger partial charge in [0, 0.05) is 5.56 Å². The smallest absolute Gasteiger partial charge is 0.256 e. The molecule has 98 valence electrons. The second-order valence-electron chi connectivity index (χ2n) is 3.53. The van der Waals surface area contributed by atoms with E-state index in [1.54, 1.807) is 25.3 Å². The largest absolute Gasteiger partial charge is 0.496 e. The zero-order chi connectivity index (χ0) is 13.8. The minimum absolute atomic E-state index is 0.264. The predicted molar refractivity (Wildman–Crippen MR) is 78.4 cm³/mol. The number of carbonyl (C=O) groups excluding carboxylic acids is 1. The van der Waals surface area contributed by atoms with Gasteiger partial charge in [0.05, 0.1) is 24.0 Å². The number of amides is 1. The van der Waals surface area contributed by atoms with E-state index in [0.717, 1.165) is 0 Å². The number of ether oxygens (including phenoxy) is 1. The molecule has 0 saturated heterocycles. The first-order chi connectivity index (χ1) is 9.10. The van der Waals surface area contributed by atoms with Crippen LogP contribution >= 0.6 is 31.9 Å². The van der Waals surface area contributed by atoms with Crippen LogP contribution in [-0.2, 0) is 0 Å². The van der Waals surface area contributed by atoms with Gasteiger partial charge in [-0.3, -0.25) is 4.79 Å². The highest BCUT2D eigenvalue weighted by Gasteiger charge is 2.09. The molecule has 2 aromatic rings. The predicted octanol–water partition coefficient (Wildman–Crippen LogP) is 3.26. The van der Waals surface area contributed by atoms with Crippen molar-refractivity contribution in [2.75, 3.05) is 12.4 Å². The Hall–Kier alpha value is -1.47. The zero-order valence-corrected chi connectivity index (χ0v) is 13.0. The van der Waals surface area contributed by atoms with Gasteiger partial charge < -0.3 is 10.1 Å². The van der Waals surface area contributed by atoms with Crippen molar-refractivity contribution in [3.05, 3.63) is 45.2 Å². The first-order valence-corrected chi connectivity index (χ1v) is 6.81. The lowest BCUT2D eigenvalue weighted by molar-refractivity contribution is 0.102. The lowest BCUT2D eigenvalue weighted by atomic mass is 10.2. The molecule has 0 bridgehead atoms. The minimum Gasteiger partial charge on any atom is -0.496 e. The van der Waals surface area contributed by atoms with E-state index >= 15 is 0 Å². The van der Waals surface area contributed by atoms with E-state index in [1.165, 1.54) is 12.4 Å². The SMILES string of the molecule is COc1ccc(C(=O)Nc2cnc(Br)cn2)cc1Br. The summed E-state index contributed by atoms with van der Waals surface area (Å²) in [6.07, 6.45) is 2.99. The fourth-order valence-electron chi connectivity index (χ4n) is 1.37. The maximum Gasteiger partial charge on any atom is 0.256 e. The molecule has 1 amide bonds. The summed E-state index contributed by atoms with van der Waals surface area (Å²) in [4.78, 5) is 20.0. The number of nitrogens with one attached hydrogen (secondary N) is 1. The Kier molecular flexibility index (Phi) is 4.49. The van der Waals surface area contributed by atoms with Crippen molar-refractivity contribution in [2.45, 2.75) is 0 Å². The van der Waals surface area contributed by atoms with Crippen molar-refractivity contribution < 1.29 is 9.53 Å². The van der Waals surface area contributed by atoms with E-state index in [9.17, 15) is 4.79 Å². The lowest BCUT2D eigenvalue weighted by Crippen LogP contribution is -2.13. The van der Waals surface area contributed by atoms with Crippen LogP contribution in [0.4, 0.5) is 5.82 Å². The Labute approximate surface area is 126 Å². The van der Waals surface area contributed by atoms with E-state index in [0.29, 0.717) is 26.2 Å². The van der Waals surface area contributed by atoms with Crippen LogP contribution < -0.4 is 10.1 Å². The van der Waals surface area contributed by atoms with Gasteiger partial charge >= 0.3 is 0 Å². The highest BCUT2D eigenvalue weighted by molar-refractivity contribution is 9.10. The summed E-state index contributed by atoms with van der Waals surface area (Å²) < 4.78 is 6.43. The normalized spacial score (nSPS) is 10.1. The van der Waals surface area contributed by atoms with Crippen molar-refractivity contribution in [3.63, 3.8) is 0 Å². The highest BCUT2D eigenvalue weighted by atomic mass is 79.9. The Bertz CT molecular complexity index is 602. The molecule has 19 heavy (non-hydrogen) atoms. The number of hydrogen-bond acceptors (Lipinski definition) is 4. The van der Waals surface area contributed by atoms with Gasteiger partial charge in [-0.15, -0.1) is 0 Å². The van der Waals surface area contributed by atoms with Gasteiger partial charge in [0.1, 0.15) is 10.4 Å². The summed E-state index contributed by atoms with van der Waals surface area (Å²) in [6, 6.07) is 5.07. The molecule has 7 heteroatoms. The summed E-state index contributed by atoms with van der Waals surface area (Å²) in [6.45, 7) is 0. The third-order valence-electron chi connectivity index (χ3n) is 2.28. The van der Waals surface area contributed by atoms with Crippen LogP contribution in [-0.4, -0.2) is 23.0 Å². The van der Waals surface area contributed by atoms with Crippen LogP contribution in [0.1, 0.15) is 10.4 Å². The van der Waals surface area contributed by atoms with Crippen molar-refractivity contribution in [3.8, 4) is 5.75 Å². The first-order valence-electron chi connectivity index (χ1n) is 5.22. The molecule has 1 heterocycles. The first kappa shape index (κ1) is 14.0. The fourth-order valence-corrected chi connectivity index (χ4v) is 2.12. The molecule has 1 aromatic heterocycles. The number of rotatable bonds is 3. The quantitative estimate of drug-likeness (QED) is 0.879. The van der Waals surface area contributed by atoms with Gasteiger partial charge in [0.15, 0.2) is 5.82 Å². The van der Waals surface area contributed by atoms with Gasteiger partial charge in [-0.25, -0.2) is 9.97 Å². The molecule has 0 saturated carbocycles. The monoisotopic (exact) mass is 385 g/mol. The second kappa shape index (κ2) is 6.12. The van der Waals surface area contributed by atoms with E-state index in [4.69, 9.17) is 4.74 Å². The Balaban J connectivity index is 2.16. The van der Waals surface area contributed by atoms with Crippen LogP contribution in [0.5, 0.6) is 5.75 Å². The Morgan fingerprint density at radius 3 is 2.63 bits per heavy atom. The molecule has 0 aliphatic rings. The average molecular weight is 387 g/mol. The maximum absolute atomic E-state index is 12.0. The molecule has 0 aliphatic carbocycles. The van der Waals surface area contributed by atoms with E-state index in [1.807, 2.05) is 0 Å². The number of halogens is 2. The molecular weight excluding hydrogens is 378 g/mol. The molecular formula is C12H9Br2N3O2. The van der Waals surface area contributed by atoms with Gasteiger partial charge in [0.2, 0.25) is 0 Å². The number of nitrogens with zero attached hydrogens (tertiary/aromatic N) is 2. The molecule has 5 nitrogen and oxygen atoms in total. The van der Waals surface area contributed by atoms with Crippen molar-refractivity contribution >= 4 is 43.6 Å². The Morgan fingerprint density at radius 1 is 1.26 bits per heavy atom. The van der Waals surface area contributed by atoms with Gasteiger partial charge in [-0.1, -0.05) is 0 Å². The number of benzene rings is 1.